The van der Waals surface area contributed by atoms with E-state index < -0.39 is 12.0 Å². The van der Waals surface area contributed by atoms with Crippen molar-refractivity contribution in [3.63, 3.8) is 0 Å². The van der Waals surface area contributed by atoms with Gasteiger partial charge in [0.2, 0.25) is 5.91 Å². The molecule has 0 aliphatic carbocycles. The third-order valence-electron chi connectivity index (χ3n) is 3.33. The van der Waals surface area contributed by atoms with E-state index in [0.717, 1.165) is 5.56 Å². The van der Waals surface area contributed by atoms with Gasteiger partial charge >= 0.3 is 5.97 Å². The summed E-state index contributed by atoms with van der Waals surface area (Å²) in [6.07, 6.45) is 0.0174. The van der Waals surface area contributed by atoms with E-state index in [1.807, 2.05) is 4.90 Å². The van der Waals surface area contributed by atoms with Gasteiger partial charge in [-0.1, -0.05) is 12.1 Å². The highest BCUT2D eigenvalue weighted by Gasteiger charge is 2.31. The van der Waals surface area contributed by atoms with Gasteiger partial charge in [0.05, 0.1) is 13.5 Å². The van der Waals surface area contributed by atoms with Crippen LogP contribution < -0.4 is 5.32 Å². The molecule has 1 amide bonds. The molecule has 1 atom stereocenters. The predicted molar refractivity (Wildman–Crippen MR) is 70.2 cm³/mol. The Labute approximate surface area is 116 Å². The highest BCUT2D eigenvalue weighted by Crippen LogP contribution is 2.14. The normalized spacial score (nSPS) is 19.5. The summed E-state index contributed by atoms with van der Waals surface area (Å²) in [5.74, 6) is -0.892. The number of nitrogens with zero attached hydrogens (tertiary/aromatic N) is 1. The maximum atomic E-state index is 12.9. The van der Waals surface area contributed by atoms with E-state index in [0.29, 0.717) is 19.6 Å². The number of benzene rings is 1. The molecule has 0 spiro atoms. The fraction of sp³-hybridized carbons (Fsp3) is 0.429. The molecule has 2 rings (SSSR count). The van der Waals surface area contributed by atoms with E-state index in [4.69, 9.17) is 0 Å². The first-order valence-electron chi connectivity index (χ1n) is 6.43. The molecule has 1 aliphatic rings. The first-order valence-corrected chi connectivity index (χ1v) is 6.43. The number of nitrogens with one attached hydrogen (secondary N) is 1. The second kappa shape index (κ2) is 6.47. The molecule has 1 fully saturated rings. The van der Waals surface area contributed by atoms with Gasteiger partial charge in [-0.15, -0.1) is 0 Å². The second-order valence-corrected chi connectivity index (χ2v) is 4.68. The monoisotopic (exact) mass is 280 g/mol. The Kier molecular flexibility index (Phi) is 4.68. The van der Waals surface area contributed by atoms with Gasteiger partial charge in [-0.2, -0.15) is 0 Å². The van der Waals surface area contributed by atoms with Gasteiger partial charge in [0.15, 0.2) is 0 Å². The first kappa shape index (κ1) is 14.5. The second-order valence-electron chi connectivity index (χ2n) is 4.68. The molecular formula is C14H17FN2O3. The summed E-state index contributed by atoms with van der Waals surface area (Å²) < 4.78 is 17.5. The van der Waals surface area contributed by atoms with E-state index in [-0.39, 0.29) is 18.1 Å². The van der Waals surface area contributed by atoms with Crippen LogP contribution in [-0.4, -0.2) is 43.0 Å². The topological polar surface area (TPSA) is 58.6 Å². The van der Waals surface area contributed by atoms with Crippen LogP contribution in [0.25, 0.3) is 0 Å². The van der Waals surface area contributed by atoms with Gasteiger partial charge in [0.1, 0.15) is 11.9 Å². The standard InChI is InChI=1S/C14H17FN2O3/c1-20-13(18)8-12-14(19)16-6-7-17(12)9-10-2-4-11(15)5-3-10/h2-5,12H,6-9H2,1H3,(H,16,19)/t12-/m0/s1. The Hall–Kier alpha value is -1.95. The number of carbonyl (C=O) groups excluding carboxylic acids is 2. The summed E-state index contributed by atoms with van der Waals surface area (Å²) in [4.78, 5) is 25.2. The maximum Gasteiger partial charge on any atom is 0.307 e. The quantitative estimate of drug-likeness (QED) is 0.824. The summed E-state index contributed by atoms with van der Waals surface area (Å²) in [6.45, 7) is 1.68. The molecule has 5 nitrogen and oxygen atoms in total. The Morgan fingerprint density at radius 2 is 2.15 bits per heavy atom. The van der Waals surface area contributed by atoms with Crippen LogP contribution in [0.2, 0.25) is 0 Å². The molecule has 0 bridgehead atoms. The minimum atomic E-state index is -0.541. The smallest absolute Gasteiger partial charge is 0.307 e. The summed E-state index contributed by atoms with van der Waals surface area (Å²) in [7, 11) is 1.30. The van der Waals surface area contributed by atoms with Gasteiger partial charge < -0.3 is 10.1 Å². The number of amides is 1. The van der Waals surface area contributed by atoms with Gasteiger partial charge in [0.25, 0.3) is 0 Å². The number of methoxy groups -OCH3 is 1. The number of carbonyl (C=O) groups is 2. The van der Waals surface area contributed by atoms with E-state index in [2.05, 4.69) is 10.1 Å². The van der Waals surface area contributed by atoms with Crippen molar-refractivity contribution in [2.75, 3.05) is 20.2 Å². The van der Waals surface area contributed by atoms with Gasteiger partial charge in [-0.25, -0.2) is 4.39 Å². The third kappa shape index (κ3) is 3.54. The van der Waals surface area contributed by atoms with Crippen molar-refractivity contribution < 1.29 is 18.7 Å². The maximum absolute atomic E-state index is 12.9. The lowest BCUT2D eigenvalue weighted by Crippen LogP contribution is -2.55. The minimum absolute atomic E-state index is 0.0174. The van der Waals surface area contributed by atoms with Crippen LogP contribution in [0.5, 0.6) is 0 Å². The number of esters is 1. The zero-order valence-electron chi connectivity index (χ0n) is 11.3. The Morgan fingerprint density at radius 1 is 1.45 bits per heavy atom. The molecule has 0 radical (unpaired) electrons. The molecule has 20 heavy (non-hydrogen) atoms. The number of ether oxygens (including phenoxy) is 1. The summed E-state index contributed by atoms with van der Waals surface area (Å²) in [5, 5.41) is 2.74. The van der Waals surface area contributed by atoms with Crippen LogP contribution in [0.4, 0.5) is 4.39 Å². The van der Waals surface area contributed by atoms with E-state index in [1.54, 1.807) is 12.1 Å². The predicted octanol–water partition coefficient (Wildman–Crippen LogP) is 0.689. The van der Waals surface area contributed by atoms with Crippen LogP contribution in [0.15, 0.2) is 24.3 Å². The van der Waals surface area contributed by atoms with Crippen molar-refractivity contribution in [3.05, 3.63) is 35.6 Å². The first-order chi connectivity index (χ1) is 9.60. The van der Waals surface area contributed by atoms with E-state index >= 15 is 0 Å². The molecule has 0 unspecified atom stereocenters. The Balaban J connectivity index is 2.08. The fourth-order valence-corrected chi connectivity index (χ4v) is 2.24. The average molecular weight is 280 g/mol. The number of piperazine rings is 1. The Bertz CT molecular complexity index is 490. The summed E-state index contributed by atoms with van der Waals surface area (Å²) in [6, 6.07) is 5.58. The molecule has 1 aliphatic heterocycles. The van der Waals surface area contributed by atoms with Crippen molar-refractivity contribution in [3.8, 4) is 0 Å². The molecule has 108 valence electrons. The van der Waals surface area contributed by atoms with Crippen molar-refractivity contribution >= 4 is 11.9 Å². The lowest BCUT2D eigenvalue weighted by molar-refractivity contribution is -0.146. The summed E-state index contributed by atoms with van der Waals surface area (Å²) in [5.41, 5.74) is 0.899. The zero-order chi connectivity index (χ0) is 14.5. The highest BCUT2D eigenvalue weighted by atomic mass is 19.1. The van der Waals surface area contributed by atoms with Crippen LogP contribution in [0, 0.1) is 5.82 Å². The lowest BCUT2D eigenvalue weighted by atomic mass is 10.1. The van der Waals surface area contributed by atoms with Gasteiger partial charge in [-0.3, -0.25) is 14.5 Å². The number of hydrogen-bond acceptors (Lipinski definition) is 4. The van der Waals surface area contributed by atoms with Crippen LogP contribution in [0.1, 0.15) is 12.0 Å². The molecule has 1 aromatic rings. The highest BCUT2D eigenvalue weighted by molar-refractivity contribution is 5.87. The number of hydrogen-bond donors (Lipinski definition) is 1. The average Bonchev–Trinajstić information content (AvgIpc) is 2.45. The SMILES string of the molecule is COC(=O)C[C@H]1C(=O)NCCN1Cc1ccc(F)cc1. The molecule has 1 N–H and O–H groups in total. The number of halogens is 1. The molecule has 1 heterocycles. The van der Waals surface area contributed by atoms with Crippen LogP contribution in [-0.2, 0) is 20.9 Å². The molecule has 1 saturated heterocycles. The lowest BCUT2D eigenvalue weighted by Gasteiger charge is -2.34. The fourth-order valence-electron chi connectivity index (χ4n) is 2.24. The third-order valence-corrected chi connectivity index (χ3v) is 3.33. The zero-order valence-corrected chi connectivity index (χ0v) is 11.3. The Morgan fingerprint density at radius 3 is 2.80 bits per heavy atom. The van der Waals surface area contributed by atoms with Gasteiger partial charge in [0, 0.05) is 19.6 Å². The van der Waals surface area contributed by atoms with Gasteiger partial charge in [-0.05, 0) is 17.7 Å². The minimum Gasteiger partial charge on any atom is -0.469 e. The molecule has 6 heteroatoms. The summed E-state index contributed by atoms with van der Waals surface area (Å²) >= 11 is 0. The van der Waals surface area contributed by atoms with Crippen molar-refractivity contribution in [1.29, 1.82) is 0 Å². The van der Waals surface area contributed by atoms with Crippen LogP contribution >= 0.6 is 0 Å². The van der Waals surface area contributed by atoms with Crippen molar-refractivity contribution in [2.24, 2.45) is 0 Å². The van der Waals surface area contributed by atoms with Crippen molar-refractivity contribution in [1.82, 2.24) is 10.2 Å². The van der Waals surface area contributed by atoms with Crippen LogP contribution in [0.3, 0.4) is 0 Å². The molecule has 1 aromatic carbocycles. The number of rotatable bonds is 4. The molecular weight excluding hydrogens is 263 g/mol. The largest absolute Gasteiger partial charge is 0.469 e. The molecule has 0 aromatic heterocycles. The van der Waals surface area contributed by atoms with E-state index in [1.165, 1.54) is 19.2 Å². The van der Waals surface area contributed by atoms with Crippen molar-refractivity contribution in [2.45, 2.75) is 19.0 Å². The molecule has 0 saturated carbocycles. The van der Waals surface area contributed by atoms with E-state index in [9.17, 15) is 14.0 Å².